The fourth-order valence-corrected chi connectivity index (χ4v) is 0. The third-order valence-corrected chi connectivity index (χ3v) is 0. The summed E-state index contributed by atoms with van der Waals surface area (Å²) in [5.74, 6) is 0. The highest BCUT2D eigenvalue weighted by Gasteiger charge is 1.93. The van der Waals surface area contributed by atoms with Crippen molar-refractivity contribution in [3.8, 4) is 0 Å². The third kappa shape index (κ3) is 3950000. The summed E-state index contributed by atoms with van der Waals surface area (Å²) in [5, 5.41) is 14.0. The fourth-order valence-electron chi connectivity index (χ4n) is 0. The van der Waals surface area contributed by atoms with Crippen molar-refractivity contribution in [2.24, 2.45) is 0 Å². The van der Waals surface area contributed by atoms with Crippen LogP contribution in [0.15, 0.2) is 0 Å². The normalized spacial score (nSPS) is 5.71. The van der Waals surface area contributed by atoms with Crippen LogP contribution in [0.5, 0.6) is 0 Å². The topological polar surface area (TPSA) is 98.0 Å². The van der Waals surface area contributed by atoms with Gasteiger partial charge in [-0.05, 0) is 0 Å². The molecular formula is H4BO5P+. The number of hydrogen-bond donors (Lipinski definition) is 4. The van der Waals surface area contributed by atoms with Crippen molar-refractivity contribution in [1.29, 1.82) is 0 Å². The molecule has 0 saturated heterocycles. The molecule has 0 aliphatic rings. The molecule has 0 heterocycles. The summed E-state index contributed by atoms with van der Waals surface area (Å²) in [5.41, 5.74) is 0. The summed E-state index contributed by atoms with van der Waals surface area (Å²) >= 11 is 0. The first-order valence-electron chi connectivity index (χ1n) is 1.10. The van der Waals surface area contributed by atoms with Crippen LogP contribution in [0.4, 0.5) is 0 Å². The fraction of sp³-hybridized carbons (Fsp3) is 0. The Hall–Kier alpha value is 0.00494. The van der Waals surface area contributed by atoms with Crippen LogP contribution in [-0.4, -0.2) is 27.5 Å². The summed E-state index contributed by atoms with van der Waals surface area (Å²) in [6.07, 6.45) is 0. The van der Waals surface area contributed by atoms with E-state index in [1.807, 2.05) is 0 Å². The lowest BCUT2D eigenvalue weighted by atomic mass is 10.5. The lowest BCUT2D eigenvalue weighted by Gasteiger charge is -1.46. The van der Waals surface area contributed by atoms with E-state index in [4.69, 9.17) is 24.4 Å². The van der Waals surface area contributed by atoms with Gasteiger partial charge in [-0.25, -0.2) is 0 Å². The molecule has 7 heteroatoms. The predicted molar refractivity (Wildman–Crippen MR) is 22.2 cm³/mol. The summed E-state index contributed by atoms with van der Waals surface area (Å²) in [6, 6.07) is 0. The Balaban J connectivity index is 0. The van der Waals surface area contributed by atoms with Crippen molar-refractivity contribution in [2.75, 3.05) is 0 Å². The molecule has 4 N–H and O–H groups in total. The molecule has 0 amide bonds. The van der Waals surface area contributed by atoms with Crippen LogP contribution in [0.2, 0.25) is 0 Å². The average Bonchev–Trinajstić information content (AvgIpc) is 1.33. The Morgan fingerprint density at radius 1 is 1.29 bits per heavy atom. The van der Waals surface area contributed by atoms with Gasteiger partial charge in [-0.2, -0.15) is 0 Å². The zero-order chi connectivity index (χ0) is 6.28. The molecule has 5 nitrogen and oxygen atoms in total. The lowest BCUT2D eigenvalue weighted by molar-refractivity contribution is 0.405. The Kier molecular flexibility index (Phi) is 13.5. The van der Waals surface area contributed by atoms with E-state index in [1.165, 1.54) is 0 Å². The summed E-state index contributed by atoms with van der Waals surface area (Å²) in [4.78, 5) is 14.2. The highest BCUT2D eigenvalue weighted by molar-refractivity contribution is 7.30. The van der Waals surface area contributed by atoms with E-state index >= 15 is 0 Å². The maximum absolute atomic E-state index is 8.70. The van der Waals surface area contributed by atoms with Gasteiger partial charge in [-0.1, -0.05) is 0 Å². The Labute approximate surface area is 41.5 Å². The van der Waals surface area contributed by atoms with E-state index in [0.717, 1.165) is 0 Å². The summed E-state index contributed by atoms with van der Waals surface area (Å²) in [6.45, 7) is 0. The van der Waals surface area contributed by atoms with Gasteiger partial charge in [-0.15, -0.1) is 9.79 Å². The molecule has 0 atom stereocenters. The SMILES string of the molecule is O=[P+](O)O.O[B]O. The highest BCUT2D eigenvalue weighted by atomic mass is 31.1. The molecule has 0 saturated carbocycles. The van der Waals surface area contributed by atoms with Gasteiger partial charge in [0, 0.05) is 4.57 Å². The second-order valence-electron chi connectivity index (χ2n) is 0.368. The Morgan fingerprint density at radius 2 is 1.29 bits per heavy atom. The van der Waals surface area contributed by atoms with E-state index < -0.39 is 8.25 Å². The molecule has 0 spiro atoms. The largest absolute Gasteiger partial charge is 0.692 e. The van der Waals surface area contributed by atoms with Gasteiger partial charge in [0.2, 0.25) is 0 Å². The molecular weight excluding hydrogens is 122 g/mol. The van der Waals surface area contributed by atoms with E-state index in [-0.39, 0.29) is 7.69 Å². The van der Waals surface area contributed by atoms with Gasteiger partial charge in [0.15, 0.2) is 0 Å². The molecule has 7 heavy (non-hydrogen) atoms. The second kappa shape index (κ2) is 9.38. The van der Waals surface area contributed by atoms with Crippen LogP contribution in [0.25, 0.3) is 0 Å². The molecule has 0 fully saturated rings. The number of hydrogen-bond acceptors (Lipinski definition) is 3. The van der Waals surface area contributed by atoms with Crippen molar-refractivity contribution < 1.29 is 24.4 Å². The molecule has 0 aromatic rings. The van der Waals surface area contributed by atoms with E-state index in [2.05, 4.69) is 0 Å². The average molecular weight is 126 g/mol. The van der Waals surface area contributed by atoms with Crippen LogP contribution in [-0.2, 0) is 4.57 Å². The molecule has 0 unspecified atom stereocenters. The maximum Gasteiger partial charge on any atom is 0.692 e. The zero-order valence-corrected chi connectivity index (χ0v) is 4.12. The number of rotatable bonds is 0. The first-order chi connectivity index (χ1) is 3.15. The molecule has 0 aromatic carbocycles. The minimum Gasteiger partial charge on any atom is -0.429 e. The van der Waals surface area contributed by atoms with Crippen LogP contribution in [0, 0.1) is 0 Å². The maximum atomic E-state index is 8.70. The molecule has 0 bridgehead atoms. The lowest BCUT2D eigenvalue weighted by Crippen LogP contribution is -1.75. The quantitative estimate of drug-likeness (QED) is 0.225. The van der Waals surface area contributed by atoms with E-state index in [9.17, 15) is 0 Å². The van der Waals surface area contributed by atoms with Gasteiger partial charge in [0.25, 0.3) is 0 Å². The van der Waals surface area contributed by atoms with Crippen LogP contribution >= 0.6 is 8.25 Å². The van der Waals surface area contributed by atoms with Crippen molar-refractivity contribution >= 4 is 15.9 Å². The van der Waals surface area contributed by atoms with Gasteiger partial charge in [0.1, 0.15) is 0 Å². The molecule has 0 aliphatic heterocycles. The van der Waals surface area contributed by atoms with Crippen molar-refractivity contribution in [2.45, 2.75) is 0 Å². The minimum atomic E-state index is -2.87. The summed E-state index contributed by atoms with van der Waals surface area (Å²) < 4.78 is 8.70. The summed E-state index contributed by atoms with van der Waals surface area (Å²) in [7, 11) is -2.87. The van der Waals surface area contributed by atoms with Crippen LogP contribution in [0.1, 0.15) is 0 Å². The minimum absolute atomic E-state index is 0. The standard InChI is InChI=1S/BH2O2.HO3P/c2-1-3;1-4(2)3/h2-3H;(H-,1,2,3)/p+1. The predicted octanol–water partition coefficient (Wildman–Crippen LogP) is -1.87. The first-order valence-corrected chi connectivity index (χ1v) is 2.26. The third-order valence-electron chi connectivity index (χ3n) is 0. The Morgan fingerprint density at radius 3 is 1.29 bits per heavy atom. The highest BCUT2D eigenvalue weighted by Crippen LogP contribution is 1.98. The molecule has 0 rings (SSSR count). The van der Waals surface area contributed by atoms with Crippen molar-refractivity contribution in [3.05, 3.63) is 0 Å². The zero-order valence-electron chi connectivity index (χ0n) is 3.22. The molecule has 0 aliphatic carbocycles. The Bertz CT molecular complexity index is 39.3. The molecule has 0 aromatic heterocycles. The first kappa shape index (κ1) is 10.1. The molecule has 1 radical (unpaired) electrons. The van der Waals surface area contributed by atoms with Crippen molar-refractivity contribution in [3.63, 3.8) is 0 Å². The van der Waals surface area contributed by atoms with Gasteiger partial charge in [-0.3, -0.25) is 0 Å². The van der Waals surface area contributed by atoms with Gasteiger partial charge in [0.05, 0.1) is 0 Å². The van der Waals surface area contributed by atoms with Crippen molar-refractivity contribution in [1.82, 2.24) is 0 Å². The van der Waals surface area contributed by atoms with Gasteiger partial charge < -0.3 is 10.0 Å². The van der Waals surface area contributed by atoms with Crippen LogP contribution < -0.4 is 0 Å². The van der Waals surface area contributed by atoms with Gasteiger partial charge >= 0.3 is 15.9 Å². The van der Waals surface area contributed by atoms with E-state index in [1.54, 1.807) is 0 Å². The second-order valence-corrected chi connectivity index (χ2v) is 0.874. The van der Waals surface area contributed by atoms with E-state index in [0.29, 0.717) is 0 Å². The smallest absolute Gasteiger partial charge is 0.429 e. The van der Waals surface area contributed by atoms with Crippen LogP contribution in [0.3, 0.4) is 0 Å². The molecule has 41 valence electrons. The monoisotopic (exact) mass is 126 g/mol.